The molecule has 7 nitrogen and oxygen atoms in total. The van der Waals surface area contributed by atoms with Crippen LogP contribution in [-0.2, 0) is 14.8 Å². The number of hydrogen-bond donors (Lipinski definition) is 1. The zero-order chi connectivity index (χ0) is 20.4. The van der Waals surface area contributed by atoms with E-state index in [1.54, 1.807) is 24.7 Å². The Morgan fingerprint density at radius 2 is 2.00 bits per heavy atom. The van der Waals surface area contributed by atoms with Crippen molar-refractivity contribution in [2.45, 2.75) is 17.1 Å². The molecule has 0 saturated carbocycles. The number of imidazole rings is 1. The Hall–Kier alpha value is -2.01. The number of anilines is 1. The molecule has 0 radical (unpaired) electrons. The number of carbonyl (C=O) groups is 1. The van der Waals surface area contributed by atoms with E-state index in [9.17, 15) is 13.2 Å². The molecule has 1 fully saturated rings. The molecular weight excluding hydrogens is 476 g/mol. The van der Waals surface area contributed by atoms with Gasteiger partial charge in [0.1, 0.15) is 4.21 Å². The van der Waals surface area contributed by atoms with E-state index in [2.05, 4.69) is 26.2 Å². The topological polar surface area (TPSA) is 84.3 Å². The van der Waals surface area contributed by atoms with Crippen molar-refractivity contribution in [2.75, 3.05) is 18.4 Å². The molecule has 3 heterocycles. The molecular formula is C19H19BrN4O3S2. The molecule has 1 N–H and O–H groups in total. The van der Waals surface area contributed by atoms with Crippen LogP contribution in [0, 0.1) is 5.92 Å². The number of halogens is 1. The number of aromatic nitrogens is 2. The van der Waals surface area contributed by atoms with Gasteiger partial charge in [-0.1, -0.05) is 6.07 Å². The number of nitrogens with zero attached hydrogens (tertiary/aromatic N) is 3. The van der Waals surface area contributed by atoms with Gasteiger partial charge in [-0.2, -0.15) is 4.31 Å². The third-order valence-electron chi connectivity index (χ3n) is 4.88. The Kier molecular flexibility index (Phi) is 5.86. The quantitative estimate of drug-likeness (QED) is 0.585. The normalized spacial score (nSPS) is 16.0. The van der Waals surface area contributed by atoms with Crippen LogP contribution in [0.1, 0.15) is 12.8 Å². The lowest BCUT2D eigenvalue weighted by Gasteiger charge is -2.30. The van der Waals surface area contributed by atoms with E-state index in [0.717, 1.165) is 9.47 Å². The Bertz CT molecular complexity index is 1100. The highest BCUT2D eigenvalue weighted by molar-refractivity contribution is 9.11. The molecule has 0 bridgehead atoms. The smallest absolute Gasteiger partial charge is 0.252 e. The van der Waals surface area contributed by atoms with Crippen LogP contribution in [-0.4, -0.2) is 41.3 Å². The van der Waals surface area contributed by atoms with E-state index in [1.165, 1.54) is 15.6 Å². The summed E-state index contributed by atoms with van der Waals surface area (Å²) in [6, 6.07) is 10.9. The maximum absolute atomic E-state index is 12.7. The first kappa shape index (κ1) is 20.3. The van der Waals surface area contributed by atoms with Gasteiger partial charge < -0.3 is 9.88 Å². The number of nitrogens with one attached hydrogen (secondary N) is 1. The summed E-state index contributed by atoms with van der Waals surface area (Å²) in [5, 5.41) is 2.96. The molecule has 0 aliphatic carbocycles. The highest BCUT2D eigenvalue weighted by Gasteiger charge is 2.32. The van der Waals surface area contributed by atoms with Gasteiger partial charge in [-0.05, 0) is 59.1 Å². The minimum atomic E-state index is -3.50. The third kappa shape index (κ3) is 4.45. The van der Waals surface area contributed by atoms with Crippen LogP contribution in [0.15, 0.2) is 63.1 Å². The summed E-state index contributed by atoms with van der Waals surface area (Å²) in [7, 11) is -3.50. The third-order valence-corrected chi connectivity index (χ3v) is 8.87. The van der Waals surface area contributed by atoms with Crippen LogP contribution in [0.3, 0.4) is 0 Å². The van der Waals surface area contributed by atoms with E-state index in [1.807, 2.05) is 35.0 Å². The maximum atomic E-state index is 12.7. The highest BCUT2D eigenvalue weighted by Crippen LogP contribution is 2.31. The average Bonchev–Trinajstić information content (AvgIpc) is 3.40. The fraction of sp³-hybridized carbons (Fsp3) is 0.263. The van der Waals surface area contributed by atoms with Gasteiger partial charge in [0.25, 0.3) is 10.0 Å². The fourth-order valence-electron chi connectivity index (χ4n) is 3.32. The molecule has 1 aliphatic rings. The maximum Gasteiger partial charge on any atom is 0.252 e. The van der Waals surface area contributed by atoms with Crippen LogP contribution in [0.25, 0.3) is 5.69 Å². The molecule has 1 amide bonds. The Balaban J connectivity index is 1.38. The van der Waals surface area contributed by atoms with Gasteiger partial charge in [-0.15, -0.1) is 11.3 Å². The first-order chi connectivity index (χ1) is 13.9. The number of piperidine rings is 1. The molecule has 2 aromatic heterocycles. The van der Waals surface area contributed by atoms with Crippen molar-refractivity contribution in [3.8, 4) is 5.69 Å². The summed E-state index contributed by atoms with van der Waals surface area (Å²) < 4.78 is 29.9. The second-order valence-electron chi connectivity index (χ2n) is 6.75. The van der Waals surface area contributed by atoms with E-state index >= 15 is 0 Å². The van der Waals surface area contributed by atoms with E-state index in [-0.39, 0.29) is 11.8 Å². The molecule has 3 aromatic rings. The molecule has 152 valence electrons. The van der Waals surface area contributed by atoms with E-state index < -0.39 is 10.0 Å². The summed E-state index contributed by atoms with van der Waals surface area (Å²) in [6.45, 7) is 0.677. The monoisotopic (exact) mass is 494 g/mol. The second kappa shape index (κ2) is 8.39. The summed E-state index contributed by atoms with van der Waals surface area (Å²) in [5.74, 6) is -0.294. The number of hydrogen-bond acceptors (Lipinski definition) is 5. The Morgan fingerprint density at radius 3 is 2.66 bits per heavy atom. The van der Waals surface area contributed by atoms with Gasteiger partial charge in [0.15, 0.2) is 0 Å². The van der Waals surface area contributed by atoms with Gasteiger partial charge in [0.05, 0.1) is 10.1 Å². The lowest BCUT2D eigenvalue weighted by molar-refractivity contribution is -0.120. The predicted octanol–water partition coefficient (Wildman–Crippen LogP) is 3.74. The summed E-state index contributed by atoms with van der Waals surface area (Å²) >= 11 is 4.50. The molecule has 29 heavy (non-hydrogen) atoms. The van der Waals surface area contributed by atoms with Crippen LogP contribution in [0.4, 0.5) is 5.69 Å². The molecule has 1 aliphatic heterocycles. The SMILES string of the molecule is O=C(Nc1cccc(-n2ccnc2)c1)C1CCN(S(=O)(=O)c2ccc(Br)s2)CC1. The number of carbonyl (C=O) groups excluding carboxylic acids is 1. The van der Waals surface area contributed by atoms with Crippen molar-refractivity contribution in [1.29, 1.82) is 0 Å². The van der Waals surface area contributed by atoms with Crippen molar-refractivity contribution in [3.05, 3.63) is 58.9 Å². The van der Waals surface area contributed by atoms with Gasteiger partial charge in [0.2, 0.25) is 5.91 Å². The van der Waals surface area contributed by atoms with Crippen molar-refractivity contribution >= 4 is 48.9 Å². The van der Waals surface area contributed by atoms with E-state index in [4.69, 9.17) is 0 Å². The fourth-order valence-corrected chi connectivity index (χ4v) is 6.96. The molecule has 0 unspecified atom stereocenters. The minimum absolute atomic E-state index is 0.0799. The van der Waals surface area contributed by atoms with E-state index in [0.29, 0.717) is 35.8 Å². The van der Waals surface area contributed by atoms with Crippen molar-refractivity contribution in [1.82, 2.24) is 13.9 Å². The number of amides is 1. The number of thiophene rings is 1. The zero-order valence-electron chi connectivity index (χ0n) is 15.4. The summed E-state index contributed by atoms with van der Waals surface area (Å²) in [5.41, 5.74) is 1.61. The Labute approximate surface area is 181 Å². The number of sulfonamides is 1. The van der Waals surface area contributed by atoms with Crippen LogP contribution >= 0.6 is 27.3 Å². The van der Waals surface area contributed by atoms with Gasteiger partial charge in [0, 0.05) is 42.8 Å². The van der Waals surface area contributed by atoms with Crippen LogP contribution in [0.2, 0.25) is 0 Å². The van der Waals surface area contributed by atoms with Crippen LogP contribution in [0.5, 0.6) is 0 Å². The molecule has 0 atom stereocenters. The summed E-state index contributed by atoms with van der Waals surface area (Å²) in [4.78, 5) is 16.7. The van der Waals surface area contributed by atoms with Gasteiger partial charge >= 0.3 is 0 Å². The second-order valence-corrected chi connectivity index (χ2v) is 11.4. The van der Waals surface area contributed by atoms with Crippen molar-refractivity contribution in [3.63, 3.8) is 0 Å². The molecule has 1 aromatic carbocycles. The molecule has 10 heteroatoms. The van der Waals surface area contributed by atoms with Gasteiger partial charge in [-0.3, -0.25) is 4.79 Å². The summed E-state index contributed by atoms with van der Waals surface area (Å²) in [6.07, 6.45) is 6.23. The first-order valence-electron chi connectivity index (χ1n) is 9.08. The number of benzene rings is 1. The largest absolute Gasteiger partial charge is 0.326 e. The molecule has 1 saturated heterocycles. The highest BCUT2D eigenvalue weighted by atomic mass is 79.9. The predicted molar refractivity (Wildman–Crippen MR) is 116 cm³/mol. The average molecular weight is 495 g/mol. The Morgan fingerprint density at radius 1 is 1.21 bits per heavy atom. The van der Waals surface area contributed by atoms with Crippen molar-refractivity contribution in [2.24, 2.45) is 5.92 Å². The lowest BCUT2D eigenvalue weighted by atomic mass is 9.97. The lowest BCUT2D eigenvalue weighted by Crippen LogP contribution is -2.41. The first-order valence-corrected chi connectivity index (χ1v) is 12.1. The van der Waals surface area contributed by atoms with Crippen LogP contribution < -0.4 is 5.32 Å². The van der Waals surface area contributed by atoms with Crippen molar-refractivity contribution < 1.29 is 13.2 Å². The standard InChI is InChI=1S/C19H19BrN4O3S2/c20-17-4-5-18(28-17)29(26,27)24-9-6-14(7-10-24)19(25)22-15-2-1-3-16(12-15)23-11-8-21-13-23/h1-5,8,11-14H,6-7,9-10H2,(H,22,25). The molecule has 0 spiro atoms. The number of rotatable bonds is 5. The molecule has 4 rings (SSSR count). The zero-order valence-corrected chi connectivity index (χ0v) is 18.6. The van der Waals surface area contributed by atoms with Gasteiger partial charge in [-0.25, -0.2) is 13.4 Å². The minimum Gasteiger partial charge on any atom is -0.326 e.